The zero-order chi connectivity index (χ0) is 9.68. The highest BCUT2D eigenvalue weighted by Gasteiger charge is 2.06. The fraction of sp³-hybridized carbons (Fsp3) is 0.444. The summed E-state index contributed by atoms with van der Waals surface area (Å²) < 4.78 is 0. The van der Waals surface area contributed by atoms with E-state index in [1.54, 1.807) is 18.3 Å². The third-order valence-electron chi connectivity index (χ3n) is 1.60. The smallest absolute Gasteiger partial charge is 0.225 e. The Morgan fingerprint density at radius 3 is 3.08 bits per heavy atom. The predicted octanol–water partition coefficient (Wildman–Crippen LogP) is 0.788. The Bertz CT molecular complexity index is 259. The van der Waals surface area contributed by atoms with Gasteiger partial charge >= 0.3 is 0 Å². The summed E-state index contributed by atoms with van der Waals surface area (Å²) in [6.07, 6.45) is 0.405. The molecule has 1 heterocycles. The van der Waals surface area contributed by atoms with Crippen molar-refractivity contribution in [3.63, 3.8) is 0 Å². The minimum absolute atomic E-state index is 0.0177. The van der Waals surface area contributed by atoms with Gasteiger partial charge in [0.05, 0.1) is 13.0 Å². The minimum Gasteiger partial charge on any atom is -0.394 e. The fourth-order valence-corrected chi connectivity index (χ4v) is 1.65. The standard InChI is InChI=1S/C9H13NO2S/c1-7(6-11)10-9(12)5-8-3-2-4-13-8/h2-4,7,11H,5-6H2,1H3,(H,10,12)/t7-/m0/s1. The van der Waals surface area contributed by atoms with Gasteiger partial charge in [0.15, 0.2) is 0 Å². The van der Waals surface area contributed by atoms with Crippen LogP contribution in [0, 0.1) is 0 Å². The first kappa shape index (κ1) is 10.2. The van der Waals surface area contributed by atoms with Gasteiger partial charge in [-0.3, -0.25) is 4.79 Å². The molecular weight excluding hydrogens is 186 g/mol. The third-order valence-corrected chi connectivity index (χ3v) is 2.47. The fourth-order valence-electron chi connectivity index (χ4n) is 0.943. The van der Waals surface area contributed by atoms with Crippen LogP contribution >= 0.6 is 11.3 Å². The lowest BCUT2D eigenvalue weighted by molar-refractivity contribution is -0.121. The van der Waals surface area contributed by atoms with E-state index in [0.29, 0.717) is 6.42 Å². The van der Waals surface area contributed by atoms with Crippen LogP contribution in [0.25, 0.3) is 0 Å². The molecule has 72 valence electrons. The molecule has 0 unspecified atom stereocenters. The van der Waals surface area contributed by atoms with Crippen LogP contribution in [0.1, 0.15) is 11.8 Å². The van der Waals surface area contributed by atoms with Gasteiger partial charge in [0.25, 0.3) is 0 Å². The third kappa shape index (κ3) is 3.57. The van der Waals surface area contributed by atoms with Crippen molar-refractivity contribution in [1.29, 1.82) is 0 Å². The molecule has 2 N–H and O–H groups in total. The van der Waals surface area contributed by atoms with E-state index in [0.717, 1.165) is 4.88 Å². The molecule has 4 heteroatoms. The highest BCUT2D eigenvalue weighted by molar-refractivity contribution is 7.10. The van der Waals surface area contributed by atoms with Gasteiger partial charge in [-0.25, -0.2) is 0 Å². The van der Waals surface area contributed by atoms with Gasteiger partial charge in [0, 0.05) is 10.9 Å². The molecule has 1 amide bonds. The summed E-state index contributed by atoms with van der Waals surface area (Å²) >= 11 is 1.56. The SMILES string of the molecule is C[C@@H](CO)NC(=O)Cc1cccs1. The van der Waals surface area contributed by atoms with Crippen LogP contribution in [0.5, 0.6) is 0 Å². The number of aliphatic hydroxyl groups excluding tert-OH is 1. The first-order valence-corrected chi connectivity index (χ1v) is 5.03. The average molecular weight is 199 g/mol. The summed E-state index contributed by atoms with van der Waals surface area (Å²) in [5.41, 5.74) is 0. The topological polar surface area (TPSA) is 49.3 Å². The van der Waals surface area contributed by atoms with E-state index in [-0.39, 0.29) is 18.6 Å². The predicted molar refractivity (Wildman–Crippen MR) is 52.7 cm³/mol. The molecular formula is C9H13NO2S. The van der Waals surface area contributed by atoms with Crippen molar-refractivity contribution in [3.05, 3.63) is 22.4 Å². The van der Waals surface area contributed by atoms with E-state index in [1.807, 2.05) is 17.5 Å². The highest BCUT2D eigenvalue weighted by atomic mass is 32.1. The summed E-state index contributed by atoms with van der Waals surface area (Å²) in [6, 6.07) is 3.68. The molecule has 0 aliphatic rings. The molecule has 0 saturated heterocycles. The molecule has 0 aliphatic heterocycles. The molecule has 0 aromatic carbocycles. The second-order valence-corrected chi connectivity index (χ2v) is 3.94. The first-order chi connectivity index (χ1) is 6.22. The molecule has 3 nitrogen and oxygen atoms in total. The van der Waals surface area contributed by atoms with E-state index in [4.69, 9.17) is 5.11 Å². The maximum absolute atomic E-state index is 11.3. The molecule has 0 fully saturated rings. The summed E-state index contributed by atoms with van der Waals surface area (Å²) in [4.78, 5) is 12.3. The van der Waals surface area contributed by atoms with Crippen molar-refractivity contribution in [2.75, 3.05) is 6.61 Å². The number of aliphatic hydroxyl groups is 1. The number of nitrogens with one attached hydrogen (secondary N) is 1. The minimum atomic E-state index is -0.160. The van der Waals surface area contributed by atoms with E-state index in [9.17, 15) is 4.79 Å². The van der Waals surface area contributed by atoms with Crippen molar-refractivity contribution >= 4 is 17.2 Å². The number of thiophene rings is 1. The second kappa shape index (κ2) is 4.99. The maximum atomic E-state index is 11.3. The van der Waals surface area contributed by atoms with Crippen LogP contribution in [-0.2, 0) is 11.2 Å². The van der Waals surface area contributed by atoms with Gasteiger partial charge in [0.1, 0.15) is 0 Å². The lowest BCUT2D eigenvalue weighted by atomic mass is 10.3. The Morgan fingerprint density at radius 1 is 1.77 bits per heavy atom. The van der Waals surface area contributed by atoms with Gasteiger partial charge in [-0.1, -0.05) is 6.07 Å². The van der Waals surface area contributed by atoms with Crippen LogP contribution in [0.15, 0.2) is 17.5 Å². The Hall–Kier alpha value is -0.870. The van der Waals surface area contributed by atoms with Crippen molar-refractivity contribution in [3.8, 4) is 0 Å². The van der Waals surface area contributed by atoms with Gasteiger partial charge in [-0.2, -0.15) is 0 Å². The van der Waals surface area contributed by atoms with E-state index >= 15 is 0 Å². The average Bonchev–Trinajstić information content (AvgIpc) is 2.56. The number of hydrogen-bond acceptors (Lipinski definition) is 3. The summed E-state index contributed by atoms with van der Waals surface area (Å²) in [7, 11) is 0. The molecule has 0 aliphatic carbocycles. The second-order valence-electron chi connectivity index (χ2n) is 2.91. The molecule has 1 aromatic heterocycles. The van der Waals surface area contributed by atoms with Crippen molar-refractivity contribution < 1.29 is 9.90 Å². The van der Waals surface area contributed by atoms with Gasteiger partial charge in [-0.15, -0.1) is 11.3 Å². The number of carbonyl (C=O) groups is 1. The number of rotatable bonds is 4. The molecule has 13 heavy (non-hydrogen) atoms. The largest absolute Gasteiger partial charge is 0.394 e. The zero-order valence-corrected chi connectivity index (χ0v) is 8.30. The number of hydrogen-bond donors (Lipinski definition) is 2. The Morgan fingerprint density at radius 2 is 2.54 bits per heavy atom. The molecule has 0 bridgehead atoms. The van der Waals surface area contributed by atoms with Crippen molar-refractivity contribution in [2.45, 2.75) is 19.4 Å². The monoisotopic (exact) mass is 199 g/mol. The van der Waals surface area contributed by atoms with Crippen LogP contribution in [0.4, 0.5) is 0 Å². The molecule has 1 atom stereocenters. The van der Waals surface area contributed by atoms with Crippen LogP contribution in [0.3, 0.4) is 0 Å². The number of carbonyl (C=O) groups excluding carboxylic acids is 1. The lowest BCUT2D eigenvalue weighted by Crippen LogP contribution is -2.35. The lowest BCUT2D eigenvalue weighted by Gasteiger charge is -2.09. The van der Waals surface area contributed by atoms with Crippen LogP contribution in [-0.4, -0.2) is 23.7 Å². The zero-order valence-electron chi connectivity index (χ0n) is 7.49. The van der Waals surface area contributed by atoms with E-state index in [2.05, 4.69) is 5.32 Å². The first-order valence-electron chi connectivity index (χ1n) is 4.15. The summed E-state index contributed by atoms with van der Waals surface area (Å²) in [6.45, 7) is 1.75. The molecule has 0 saturated carbocycles. The molecule has 0 radical (unpaired) electrons. The molecule has 1 rings (SSSR count). The van der Waals surface area contributed by atoms with Crippen LogP contribution < -0.4 is 5.32 Å². The van der Waals surface area contributed by atoms with Gasteiger partial charge < -0.3 is 10.4 Å². The Balaban J connectivity index is 2.34. The Labute approximate surface area is 81.4 Å². The van der Waals surface area contributed by atoms with E-state index < -0.39 is 0 Å². The summed E-state index contributed by atoms with van der Waals surface area (Å²) in [5, 5.41) is 13.3. The summed E-state index contributed by atoms with van der Waals surface area (Å²) in [5.74, 6) is -0.0380. The molecule has 1 aromatic rings. The van der Waals surface area contributed by atoms with Crippen LogP contribution in [0.2, 0.25) is 0 Å². The highest BCUT2D eigenvalue weighted by Crippen LogP contribution is 2.08. The Kier molecular flexibility index (Phi) is 3.92. The van der Waals surface area contributed by atoms with Crippen molar-refractivity contribution in [1.82, 2.24) is 5.32 Å². The molecule has 0 spiro atoms. The quantitative estimate of drug-likeness (QED) is 0.753. The van der Waals surface area contributed by atoms with Gasteiger partial charge in [0.2, 0.25) is 5.91 Å². The van der Waals surface area contributed by atoms with E-state index in [1.165, 1.54) is 0 Å². The normalized spacial score (nSPS) is 12.5. The maximum Gasteiger partial charge on any atom is 0.225 e. The van der Waals surface area contributed by atoms with Gasteiger partial charge in [-0.05, 0) is 18.4 Å². The number of amides is 1. The van der Waals surface area contributed by atoms with Crippen molar-refractivity contribution in [2.24, 2.45) is 0 Å².